The highest BCUT2D eigenvalue weighted by molar-refractivity contribution is 5.94. The molecule has 2 heterocycles. The fourth-order valence-corrected chi connectivity index (χ4v) is 4.12. The number of carbonyl (C=O) groups is 1. The van der Waals surface area contributed by atoms with Gasteiger partial charge in [-0.1, -0.05) is 42.5 Å². The minimum Gasteiger partial charge on any atom is -0.368 e. The number of fused-ring (bicyclic) bond motifs is 2. The van der Waals surface area contributed by atoms with Gasteiger partial charge in [-0.15, -0.1) is 0 Å². The predicted octanol–water partition coefficient (Wildman–Crippen LogP) is 2.58. The van der Waals surface area contributed by atoms with E-state index in [4.69, 9.17) is 0 Å². The Morgan fingerprint density at radius 3 is 2.50 bits per heavy atom. The van der Waals surface area contributed by atoms with Crippen molar-refractivity contribution >= 4 is 22.5 Å². The maximum Gasteiger partial charge on any atom is 0.368 e. The van der Waals surface area contributed by atoms with Gasteiger partial charge in [0.25, 0.3) is 0 Å². The molecule has 0 bridgehead atoms. The first-order chi connectivity index (χ1) is 13.8. The summed E-state index contributed by atoms with van der Waals surface area (Å²) in [5.74, 6) is 0. The van der Waals surface area contributed by atoms with Gasteiger partial charge in [0, 0.05) is 43.8 Å². The molecule has 2 aliphatic rings. The third-order valence-electron chi connectivity index (χ3n) is 5.67. The molecule has 140 valence electrons. The minimum atomic E-state index is -0.392. The lowest BCUT2D eigenvalue weighted by atomic mass is 10.1. The fraction of sp³-hybridized carbons (Fsp3) is 0.261. The zero-order chi connectivity index (χ0) is 18.9. The molecule has 0 atom stereocenters. The summed E-state index contributed by atoms with van der Waals surface area (Å²) < 4.78 is 0. The Labute approximate surface area is 163 Å². The third-order valence-corrected chi connectivity index (χ3v) is 5.67. The Morgan fingerprint density at radius 1 is 0.821 bits per heavy atom. The van der Waals surface area contributed by atoms with Crippen molar-refractivity contribution in [3.63, 3.8) is 0 Å². The van der Waals surface area contributed by atoms with E-state index in [0.29, 0.717) is 10.7 Å². The smallest absolute Gasteiger partial charge is 0.368 e. The predicted molar refractivity (Wildman–Crippen MR) is 110 cm³/mol. The number of carbonyl (C=O) groups excluding carboxylic acids is 1. The van der Waals surface area contributed by atoms with Gasteiger partial charge < -0.3 is 4.90 Å². The van der Waals surface area contributed by atoms with E-state index in [1.807, 2.05) is 12.1 Å². The molecule has 28 heavy (non-hydrogen) atoms. The molecule has 0 radical (unpaired) electrons. The van der Waals surface area contributed by atoms with E-state index in [0.717, 1.165) is 39.1 Å². The van der Waals surface area contributed by atoms with Gasteiger partial charge in [-0.05, 0) is 35.6 Å². The molecule has 5 nitrogen and oxygen atoms in total. The summed E-state index contributed by atoms with van der Waals surface area (Å²) in [6, 6.07) is 20.7. The van der Waals surface area contributed by atoms with Gasteiger partial charge in [0.2, 0.25) is 0 Å². The molecule has 2 amide bonds. The quantitative estimate of drug-likeness (QED) is 0.709. The van der Waals surface area contributed by atoms with Gasteiger partial charge in [0.05, 0.1) is 10.7 Å². The molecule has 0 spiro atoms. The highest BCUT2D eigenvalue weighted by atomic mass is 16.2. The average molecular weight is 370 g/mol. The number of hydrogen-bond donors (Lipinski definition) is 0. The summed E-state index contributed by atoms with van der Waals surface area (Å²) in [4.78, 5) is 24.1. The summed E-state index contributed by atoms with van der Waals surface area (Å²) in [5, 5.41) is 4.04. The molecule has 5 heteroatoms. The van der Waals surface area contributed by atoms with E-state index < -0.39 is 6.03 Å². The Bertz CT molecular complexity index is 1160. The van der Waals surface area contributed by atoms with E-state index in [-0.39, 0.29) is 0 Å². The average Bonchev–Trinajstić information content (AvgIpc) is 3.11. The number of piperazine rings is 1. The first kappa shape index (κ1) is 17.1. The molecule has 0 unspecified atom stereocenters. The van der Waals surface area contributed by atoms with Crippen LogP contribution in [0.4, 0.5) is 10.5 Å². The number of anilines is 1. The van der Waals surface area contributed by atoms with Crippen LogP contribution >= 0.6 is 0 Å². The van der Waals surface area contributed by atoms with Gasteiger partial charge >= 0.3 is 6.03 Å². The molecular formula is C23H22N4O. The van der Waals surface area contributed by atoms with Crippen LogP contribution in [0.2, 0.25) is 0 Å². The van der Waals surface area contributed by atoms with Crippen LogP contribution in [-0.4, -0.2) is 43.7 Å². The van der Waals surface area contributed by atoms with Gasteiger partial charge in [-0.25, -0.2) is 4.79 Å². The van der Waals surface area contributed by atoms with Gasteiger partial charge in [-0.2, -0.15) is 9.98 Å². The van der Waals surface area contributed by atoms with E-state index in [2.05, 4.69) is 68.3 Å². The van der Waals surface area contributed by atoms with Crippen molar-refractivity contribution in [1.29, 1.82) is 0 Å². The number of hydrogen-bond acceptors (Lipinski definition) is 3. The Kier molecular flexibility index (Phi) is 4.37. The van der Waals surface area contributed by atoms with E-state index in [1.54, 1.807) is 0 Å². The van der Waals surface area contributed by atoms with E-state index in [9.17, 15) is 4.79 Å². The van der Waals surface area contributed by atoms with Crippen molar-refractivity contribution < 1.29 is 4.79 Å². The molecule has 3 aromatic rings. The van der Waals surface area contributed by atoms with Crippen LogP contribution in [0.1, 0.15) is 5.56 Å². The molecular weight excluding hydrogens is 348 g/mol. The van der Waals surface area contributed by atoms with Crippen molar-refractivity contribution in [2.45, 2.75) is 6.42 Å². The zero-order valence-electron chi connectivity index (χ0n) is 15.7. The molecule has 0 N–H and O–H groups in total. The number of urea groups is 1. The van der Waals surface area contributed by atoms with E-state index >= 15 is 0 Å². The molecule has 3 aromatic carbocycles. The van der Waals surface area contributed by atoms with Crippen LogP contribution in [0, 0.1) is 0 Å². The topological polar surface area (TPSA) is 48.3 Å². The molecule has 2 aliphatic heterocycles. The SMILES string of the molecule is O=C1N=c2ccc(CCN3CCN(c4cccc5ccccc45)CC3)cc2=N1. The van der Waals surface area contributed by atoms with Gasteiger partial charge in [0.1, 0.15) is 0 Å². The molecule has 0 aliphatic carbocycles. The lowest BCUT2D eigenvalue weighted by Crippen LogP contribution is -2.47. The fourth-order valence-electron chi connectivity index (χ4n) is 4.12. The second kappa shape index (κ2) is 7.17. The maximum atomic E-state index is 11.3. The number of nitrogens with zero attached hydrogens (tertiary/aromatic N) is 4. The van der Waals surface area contributed by atoms with Crippen molar-refractivity contribution in [2.75, 3.05) is 37.6 Å². The highest BCUT2D eigenvalue weighted by Gasteiger charge is 2.18. The van der Waals surface area contributed by atoms with Crippen molar-refractivity contribution in [3.8, 4) is 0 Å². The monoisotopic (exact) mass is 370 g/mol. The normalized spacial score (nSPS) is 16.7. The summed E-state index contributed by atoms with van der Waals surface area (Å²) in [5.41, 5.74) is 2.55. The molecule has 0 saturated carbocycles. The van der Waals surface area contributed by atoms with Crippen LogP contribution in [0.5, 0.6) is 0 Å². The van der Waals surface area contributed by atoms with Crippen LogP contribution in [0.3, 0.4) is 0 Å². The summed E-state index contributed by atoms with van der Waals surface area (Å²) in [6.07, 6.45) is 0.964. The minimum absolute atomic E-state index is 0.392. The largest absolute Gasteiger partial charge is 0.368 e. The number of rotatable bonds is 4. The number of amides is 2. The lowest BCUT2D eigenvalue weighted by Gasteiger charge is -2.36. The summed E-state index contributed by atoms with van der Waals surface area (Å²) >= 11 is 0. The van der Waals surface area contributed by atoms with Crippen LogP contribution < -0.4 is 15.6 Å². The highest BCUT2D eigenvalue weighted by Crippen LogP contribution is 2.27. The van der Waals surface area contributed by atoms with Crippen molar-refractivity contribution in [1.82, 2.24) is 4.90 Å². The third kappa shape index (κ3) is 3.29. The van der Waals surface area contributed by atoms with Crippen LogP contribution in [-0.2, 0) is 6.42 Å². The van der Waals surface area contributed by atoms with E-state index in [1.165, 1.54) is 22.0 Å². The van der Waals surface area contributed by atoms with Crippen molar-refractivity contribution in [3.05, 3.63) is 76.9 Å². The second-order valence-electron chi connectivity index (χ2n) is 7.41. The van der Waals surface area contributed by atoms with Crippen LogP contribution in [0.25, 0.3) is 10.8 Å². The van der Waals surface area contributed by atoms with Gasteiger partial charge in [-0.3, -0.25) is 4.90 Å². The molecule has 1 fully saturated rings. The van der Waals surface area contributed by atoms with Crippen molar-refractivity contribution in [2.24, 2.45) is 9.98 Å². The van der Waals surface area contributed by atoms with Gasteiger partial charge in [0.15, 0.2) is 0 Å². The maximum absolute atomic E-state index is 11.3. The standard InChI is InChI=1S/C23H22N4O/c28-23-24-20-9-8-17(16-21(20)25-23)10-11-26-12-14-27(15-13-26)22-7-3-5-18-4-1-2-6-19(18)22/h1-9,16H,10-15H2. The first-order valence-electron chi connectivity index (χ1n) is 9.82. The molecule has 1 saturated heterocycles. The lowest BCUT2D eigenvalue weighted by molar-refractivity contribution is 0.256. The zero-order valence-corrected chi connectivity index (χ0v) is 15.7. The Morgan fingerprint density at radius 2 is 1.61 bits per heavy atom. The van der Waals surface area contributed by atoms with Crippen LogP contribution in [0.15, 0.2) is 70.6 Å². The summed E-state index contributed by atoms with van der Waals surface area (Å²) in [7, 11) is 0. The Balaban J connectivity index is 1.22. The molecule has 5 rings (SSSR count). The first-order valence-corrected chi connectivity index (χ1v) is 9.82. The molecule has 0 aromatic heterocycles. The Hall–Kier alpha value is -3.05. The summed E-state index contributed by atoms with van der Waals surface area (Å²) in [6.45, 7) is 5.23. The number of benzene rings is 3. The second-order valence-corrected chi connectivity index (χ2v) is 7.41.